The second-order valence-corrected chi connectivity index (χ2v) is 3.70. The van der Waals surface area contributed by atoms with Gasteiger partial charge in [0, 0.05) is 0 Å². The highest BCUT2D eigenvalue weighted by molar-refractivity contribution is 5.09. The van der Waals surface area contributed by atoms with Crippen LogP contribution in [0.3, 0.4) is 0 Å². The summed E-state index contributed by atoms with van der Waals surface area (Å²) in [6.07, 6.45) is 3.37. The molecule has 2 atom stereocenters. The molecule has 3 rings (SSSR count). The molecule has 3 aliphatic rings. The zero-order valence-corrected chi connectivity index (χ0v) is 7.83. The molecule has 74 valence electrons. The van der Waals surface area contributed by atoms with Gasteiger partial charge in [0.05, 0.1) is 26.4 Å². The Balaban J connectivity index is 0.000000137. The maximum absolute atomic E-state index is 5.23. The Bertz CT molecular complexity index is 165. The first-order valence-electron chi connectivity index (χ1n) is 4.82. The third-order valence-corrected chi connectivity index (χ3v) is 2.02. The second kappa shape index (κ2) is 4.22. The standard InChI is InChI=1S/C6H10O3.C4H6/c1(5-3-8-5)7-2-6-4-9-6;1-4-2-3-4/h5-6H,1-4H2;1-3H2. The molecule has 2 unspecified atom stereocenters. The molecule has 0 aromatic rings. The molecule has 0 spiro atoms. The minimum absolute atomic E-state index is 0.392. The van der Waals surface area contributed by atoms with Crippen LogP contribution in [0.25, 0.3) is 0 Å². The fourth-order valence-corrected chi connectivity index (χ4v) is 0.748. The molecule has 2 heterocycles. The molecule has 2 saturated heterocycles. The smallest absolute Gasteiger partial charge is 0.104 e. The van der Waals surface area contributed by atoms with E-state index in [9.17, 15) is 0 Å². The van der Waals surface area contributed by atoms with E-state index in [2.05, 4.69) is 6.58 Å². The lowest BCUT2D eigenvalue weighted by atomic mass is 10.5. The van der Waals surface area contributed by atoms with Crippen LogP contribution in [0.15, 0.2) is 12.2 Å². The third-order valence-electron chi connectivity index (χ3n) is 2.02. The zero-order valence-electron chi connectivity index (χ0n) is 7.83. The van der Waals surface area contributed by atoms with Crippen LogP contribution >= 0.6 is 0 Å². The summed E-state index contributed by atoms with van der Waals surface area (Å²) in [5.74, 6) is 0. The van der Waals surface area contributed by atoms with Gasteiger partial charge in [-0.15, -0.1) is 0 Å². The highest BCUT2D eigenvalue weighted by atomic mass is 16.6. The first-order valence-corrected chi connectivity index (χ1v) is 4.82. The van der Waals surface area contributed by atoms with Crippen molar-refractivity contribution in [1.82, 2.24) is 0 Å². The highest BCUT2D eigenvalue weighted by Gasteiger charge is 2.26. The lowest BCUT2D eigenvalue weighted by Crippen LogP contribution is -2.06. The van der Waals surface area contributed by atoms with Gasteiger partial charge < -0.3 is 14.2 Å². The molecule has 2 aliphatic heterocycles. The van der Waals surface area contributed by atoms with E-state index < -0.39 is 0 Å². The van der Waals surface area contributed by atoms with E-state index in [1.165, 1.54) is 18.4 Å². The van der Waals surface area contributed by atoms with Gasteiger partial charge in [0.1, 0.15) is 12.2 Å². The summed E-state index contributed by atoms with van der Waals surface area (Å²) in [5, 5.41) is 0. The average Bonchev–Trinajstić information content (AvgIpc) is 2.95. The molecule has 0 radical (unpaired) electrons. The van der Waals surface area contributed by atoms with Crippen molar-refractivity contribution in [3.63, 3.8) is 0 Å². The summed E-state index contributed by atoms with van der Waals surface area (Å²) in [7, 11) is 0. The lowest BCUT2D eigenvalue weighted by molar-refractivity contribution is 0.102. The normalized spacial score (nSPS) is 33.4. The number of hydrogen-bond donors (Lipinski definition) is 0. The van der Waals surface area contributed by atoms with Gasteiger partial charge in [-0.25, -0.2) is 0 Å². The predicted octanol–water partition coefficient (Wildman–Crippen LogP) is 1.14. The topological polar surface area (TPSA) is 34.3 Å². The molecule has 0 aromatic carbocycles. The van der Waals surface area contributed by atoms with Gasteiger partial charge >= 0.3 is 0 Å². The molecule has 0 amide bonds. The van der Waals surface area contributed by atoms with E-state index in [1.54, 1.807) is 0 Å². The van der Waals surface area contributed by atoms with E-state index in [0.29, 0.717) is 12.2 Å². The summed E-state index contributed by atoms with van der Waals surface area (Å²) in [4.78, 5) is 0. The maximum atomic E-state index is 5.23. The number of hydrogen-bond acceptors (Lipinski definition) is 3. The Labute approximate surface area is 78.7 Å². The van der Waals surface area contributed by atoms with Gasteiger partial charge in [0.2, 0.25) is 0 Å². The van der Waals surface area contributed by atoms with E-state index in [1.807, 2.05) is 0 Å². The van der Waals surface area contributed by atoms with E-state index >= 15 is 0 Å². The zero-order chi connectivity index (χ0) is 9.10. The van der Waals surface area contributed by atoms with Crippen molar-refractivity contribution in [3.05, 3.63) is 12.2 Å². The lowest BCUT2D eigenvalue weighted by Gasteiger charge is -1.95. The van der Waals surface area contributed by atoms with Gasteiger partial charge in [0.25, 0.3) is 0 Å². The first kappa shape index (κ1) is 9.19. The average molecular weight is 184 g/mol. The van der Waals surface area contributed by atoms with Crippen LogP contribution in [-0.4, -0.2) is 38.6 Å². The monoisotopic (exact) mass is 184 g/mol. The first-order chi connectivity index (χ1) is 6.34. The minimum atomic E-state index is 0.392. The van der Waals surface area contributed by atoms with Crippen molar-refractivity contribution in [1.29, 1.82) is 0 Å². The summed E-state index contributed by atoms with van der Waals surface area (Å²) in [6, 6.07) is 0. The fraction of sp³-hybridized carbons (Fsp3) is 0.800. The summed E-state index contributed by atoms with van der Waals surface area (Å²) < 4.78 is 15.1. The van der Waals surface area contributed by atoms with E-state index in [-0.39, 0.29) is 0 Å². The molecule has 0 N–H and O–H groups in total. The highest BCUT2D eigenvalue weighted by Crippen LogP contribution is 2.23. The molecule has 3 fully saturated rings. The van der Waals surface area contributed by atoms with Crippen LogP contribution in [0.5, 0.6) is 0 Å². The Morgan fingerprint density at radius 1 is 1.15 bits per heavy atom. The molecular weight excluding hydrogens is 168 g/mol. The molecule has 1 aliphatic carbocycles. The van der Waals surface area contributed by atoms with Gasteiger partial charge in [0.15, 0.2) is 0 Å². The van der Waals surface area contributed by atoms with Crippen LogP contribution < -0.4 is 0 Å². The summed E-state index contributed by atoms with van der Waals surface area (Å²) >= 11 is 0. The van der Waals surface area contributed by atoms with Gasteiger partial charge in [-0.2, -0.15) is 0 Å². The largest absolute Gasteiger partial charge is 0.376 e. The van der Waals surface area contributed by atoms with Crippen molar-refractivity contribution >= 4 is 0 Å². The minimum Gasteiger partial charge on any atom is -0.376 e. The van der Waals surface area contributed by atoms with Gasteiger partial charge in [-0.05, 0) is 12.8 Å². The fourth-order valence-electron chi connectivity index (χ4n) is 0.748. The second-order valence-electron chi connectivity index (χ2n) is 3.70. The van der Waals surface area contributed by atoms with Crippen molar-refractivity contribution in [2.24, 2.45) is 0 Å². The number of epoxide rings is 2. The quantitative estimate of drug-likeness (QED) is 0.485. The SMILES string of the molecule is C(OCC1CO1)C1CO1.C=C1CC1. The van der Waals surface area contributed by atoms with E-state index in [4.69, 9.17) is 14.2 Å². The van der Waals surface area contributed by atoms with Crippen LogP contribution in [0.1, 0.15) is 12.8 Å². The molecule has 0 bridgehead atoms. The Morgan fingerprint density at radius 2 is 1.54 bits per heavy atom. The molecular formula is C10H16O3. The Hall–Kier alpha value is -0.380. The molecule has 3 nitrogen and oxygen atoms in total. The van der Waals surface area contributed by atoms with Crippen LogP contribution in [0.2, 0.25) is 0 Å². The molecule has 3 heteroatoms. The number of rotatable bonds is 4. The third kappa shape index (κ3) is 5.03. The van der Waals surface area contributed by atoms with Crippen molar-refractivity contribution in [3.8, 4) is 0 Å². The maximum Gasteiger partial charge on any atom is 0.104 e. The predicted molar refractivity (Wildman–Crippen MR) is 48.7 cm³/mol. The summed E-state index contributed by atoms with van der Waals surface area (Å²) in [6.45, 7) is 6.93. The van der Waals surface area contributed by atoms with Crippen LogP contribution in [0.4, 0.5) is 0 Å². The van der Waals surface area contributed by atoms with Crippen LogP contribution in [0, 0.1) is 0 Å². The molecule has 0 aromatic heterocycles. The van der Waals surface area contributed by atoms with Crippen molar-refractivity contribution in [2.75, 3.05) is 26.4 Å². The Kier molecular flexibility index (Phi) is 2.98. The Morgan fingerprint density at radius 3 is 1.77 bits per heavy atom. The number of ether oxygens (including phenoxy) is 3. The summed E-state index contributed by atoms with van der Waals surface area (Å²) in [5.41, 5.74) is 1.42. The van der Waals surface area contributed by atoms with Gasteiger partial charge in [-0.3, -0.25) is 0 Å². The van der Waals surface area contributed by atoms with Crippen LogP contribution in [-0.2, 0) is 14.2 Å². The molecule has 13 heavy (non-hydrogen) atoms. The van der Waals surface area contributed by atoms with Gasteiger partial charge in [-0.1, -0.05) is 12.2 Å². The van der Waals surface area contributed by atoms with E-state index in [0.717, 1.165) is 26.4 Å². The van der Waals surface area contributed by atoms with Crippen molar-refractivity contribution in [2.45, 2.75) is 25.0 Å². The number of allylic oxidation sites excluding steroid dienone is 1. The molecule has 1 saturated carbocycles. The van der Waals surface area contributed by atoms with Crippen molar-refractivity contribution < 1.29 is 14.2 Å².